The van der Waals surface area contributed by atoms with Crippen molar-refractivity contribution in [1.82, 2.24) is 0 Å². The molecule has 1 atom stereocenters. The molecule has 28 heavy (non-hydrogen) atoms. The predicted molar refractivity (Wildman–Crippen MR) is 118 cm³/mol. The van der Waals surface area contributed by atoms with Gasteiger partial charge < -0.3 is 9.47 Å². The Hall–Kier alpha value is -1.45. The topological polar surface area (TPSA) is 35.5 Å². The average molecular weight is 389 g/mol. The fourth-order valence-corrected chi connectivity index (χ4v) is 3.11. The number of carbonyl (C=O) groups is 1. The number of hydrogen-bond donors (Lipinski definition) is 0. The third-order valence-electron chi connectivity index (χ3n) is 4.97. The van der Waals surface area contributed by atoms with Crippen molar-refractivity contribution in [3.8, 4) is 0 Å². The molecule has 158 valence electrons. The first-order valence-electron chi connectivity index (χ1n) is 10.8. The van der Waals surface area contributed by atoms with Crippen LogP contribution >= 0.6 is 0 Å². The molecule has 0 amide bonds. The molecule has 1 saturated heterocycles. The van der Waals surface area contributed by atoms with E-state index in [2.05, 4.69) is 52.0 Å². The van der Waals surface area contributed by atoms with Gasteiger partial charge in [0.15, 0.2) is 6.29 Å². The van der Waals surface area contributed by atoms with Gasteiger partial charge in [-0.3, -0.25) is 4.79 Å². The van der Waals surface area contributed by atoms with Gasteiger partial charge in [0, 0.05) is 6.61 Å². The second-order valence-corrected chi connectivity index (χ2v) is 8.02. The van der Waals surface area contributed by atoms with Gasteiger partial charge in [0.05, 0.1) is 6.61 Å². The third kappa shape index (κ3) is 12.9. The molecule has 0 radical (unpaired) electrons. The number of carbonyl (C=O) groups excluding carboxylic acids is 1. The van der Waals surface area contributed by atoms with Gasteiger partial charge in [-0.15, -0.1) is 0 Å². The molecule has 1 rings (SSSR count). The Morgan fingerprint density at radius 1 is 0.893 bits per heavy atom. The van der Waals surface area contributed by atoms with E-state index in [1.54, 1.807) is 0 Å². The normalized spacial score (nSPS) is 18.9. The Morgan fingerprint density at radius 3 is 2.21 bits per heavy atom. The maximum atomic E-state index is 11.3. The molecule has 1 fully saturated rings. The minimum atomic E-state index is -0.0297. The molecule has 0 N–H and O–H groups in total. The summed E-state index contributed by atoms with van der Waals surface area (Å²) in [5.74, 6) is 0. The Balaban J connectivity index is 2.25. The van der Waals surface area contributed by atoms with Gasteiger partial charge in [0.1, 0.15) is 6.29 Å². The van der Waals surface area contributed by atoms with Crippen LogP contribution in [0, 0.1) is 0 Å². The lowest BCUT2D eigenvalue weighted by molar-refractivity contribution is -0.155. The van der Waals surface area contributed by atoms with Gasteiger partial charge in [0.2, 0.25) is 0 Å². The minimum Gasteiger partial charge on any atom is -0.353 e. The van der Waals surface area contributed by atoms with Crippen LogP contribution in [0.25, 0.3) is 0 Å². The van der Waals surface area contributed by atoms with Crippen LogP contribution in [0.5, 0.6) is 0 Å². The first-order valence-corrected chi connectivity index (χ1v) is 10.8. The summed E-state index contributed by atoms with van der Waals surface area (Å²) in [6.07, 6.45) is 18.9. The number of aldehydes is 1. The zero-order chi connectivity index (χ0) is 20.6. The van der Waals surface area contributed by atoms with E-state index in [0.29, 0.717) is 6.61 Å². The van der Waals surface area contributed by atoms with Crippen LogP contribution in [-0.2, 0) is 14.3 Å². The van der Waals surface area contributed by atoms with Crippen LogP contribution < -0.4 is 0 Å². The van der Waals surface area contributed by atoms with Gasteiger partial charge in [0.25, 0.3) is 0 Å². The van der Waals surface area contributed by atoms with E-state index in [1.807, 2.05) is 0 Å². The van der Waals surface area contributed by atoms with Crippen molar-refractivity contribution in [3.05, 3.63) is 46.6 Å². The van der Waals surface area contributed by atoms with Crippen molar-refractivity contribution in [2.24, 2.45) is 0 Å². The van der Waals surface area contributed by atoms with Gasteiger partial charge in [-0.05, 0) is 91.1 Å². The summed E-state index contributed by atoms with van der Waals surface area (Å²) in [7, 11) is 0. The molecule has 0 aromatic carbocycles. The molecule has 0 bridgehead atoms. The Morgan fingerprint density at radius 2 is 1.57 bits per heavy atom. The van der Waals surface area contributed by atoms with Gasteiger partial charge >= 0.3 is 0 Å². The number of allylic oxidation sites excluding steroid dienone is 7. The summed E-state index contributed by atoms with van der Waals surface area (Å²) in [5.41, 5.74) is 4.99. The van der Waals surface area contributed by atoms with Crippen LogP contribution in [0.3, 0.4) is 0 Å². The van der Waals surface area contributed by atoms with E-state index >= 15 is 0 Å². The van der Waals surface area contributed by atoms with E-state index in [4.69, 9.17) is 9.47 Å². The summed E-state index contributed by atoms with van der Waals surface area (Å²) >= 11 is 0. The van der Waals surface area contributed by atoms with E-state index in [0.717, 1.165) is 69.8 Å². The van der Waals surface area contributed by atoms with Crippen molar-refractivity contribution in [1.29, 1.82) is 0 Å². The van der Waals surface area contributed by atoms with Crippen molar-refractivity contribution in [3.63, 3.8) is 0 Å². The van der Waals surface area contributed by atoms with Gasteiger partial charge in [-0.1, -0.05) is 41.0 Å². The Labute approximate surface area is 172 Å². The monoisotopic (exact) mass is 388 g/mol. The Bertz CT molecular complexity index is 556. The largest absolute Gasteiger partial charge is 0.353 e. The fourth-order valence-electron chi connectivity index (χ4n) is 3.11. The lowest BCUT2D eigenvalue weighted by Gasteiger charge is -2.22. The Kier molecular flexibility index (Phi) is 13.6. The molecular weight excluding hydrogens is 348 g/mol. The van der Waals surface area contributed by atoms with Gasteiger partial charge in [-0.2, -0.15) is 0 Å². The highest BCUT2D eigenvalue weighted by Crippen LogP contribution is 2.15. The fraction of sp³-hybridized carbons (Fsp3) is 0.640. The molecular formula is C25H40O3. The van der Waals surface area contributed by atoms with E-state index in [9.17, 15) is 4.79 Å². The lowest BCUT2D eigenvalue weighted by atomic mass is 10.0. The van der Waals surface area contributed by atoms with Crippen LogP contribution in [0.4, 0.5) is 0 Å². The third-order valence-corrected chi connectivity index (χ3v) is 4.97. The predicted octanol–water partition coefficient (Wildman–Crippen LogP) is 6.85. The van der Waals surface area contributed by atoms with Crippen molar-refractivity contribution >= 4 is 6.29 Å². The van der Waals surface area contributed by atoms with Crippen LogP contribution in [-0.4, -0.2) is 25.8 Å². The van der Waals surface area contributed by atoms with Crippen LogP contribution in [0.15, 0.2) is 46.6 Å². The van der Waals surface area contributed by atoms with Gasteiger partial charge in [-0.25, -0.2) is 0 Å². The minimum absolute atomic E-state index is 0.0297. The quantitative estimate of drug-likeness (QED) is 0.196. The van der Waals surface area contributed by atoms with E-state index in [1.165, 1.54) is 23.1 Å². The molecule has 1 aliphatic heterocycles. The molecule has 0 aliphatic carbocycles. The summed E-state index contributed by atoms with van der Waals surface area (Å²) in [5, 5.41) is 0. The molecule has 0 aromatic heterocycles. The van der Waals surface area contributed by atoms with Crippen molar-refractivity contribution in [2.75, 3.05) is 13.2 Å². The molecule has 3 heteroatoms. The standard InChI is InChI=1S/C25H40O3/c1-21(2)10-7-11-22(3)12-8-14-24(20-26)15-9-13-23(4)17-19-28-25-16-5-6-18-27-25/h10,12,15,17,20,25H,5-9,11,13-14,16,18-19H2,1-4H3/b22-12+,23-17+,24-15+. The summed E-state index contributed by atoms with van der Waals surface area (Å²) < 4.78 is 11.3. The van der Waals surface area contributed by atoms with E-state index in [-0.39, 0.29) is 6.29 Å². The molecule has 3 nitrogen and oxygen atoms in total. The summed E-state index contributed by atoms with van der Waals surface area (Å²) in [6, 6.07) is 0. The number of rotatable bonds is 13. The molecule has 1 unspecified atom stereocenters. The lowest BCUT2D eigenvalue weighted by Crippen LogP contribution is -2.22. The molecule has 1 heterocycles. The first kappa shape index (κ1) is 24.6. The number of hydrogen-bond acceptors (Lipinski definition) is 3. The first-order chi connectivity index (χ1) is 13.5. The van der Waals surface area contributed by atoms with E-state index < -0.39 is 0 Å². The zero-order valence-electron chi connectivity index (χ0n) is 18.5. The molecule has 1 aliphatic rings. The number of ether oxygens (including phenoxy) is 2. The van der Waals surface area contributed by atoms with Crippen molar-refractivity contribution in [2.45, 2.75) is 91.8 Å². The smallest absolute Gasteiger partial charge is 0.157 e. The molecule has 0 saturated carbocycles. The second kappa shape index (κ2) is 15.5. The SMILES string of the molecule is CC(C)=CCC/C(C)=C/CC/C(C=O)=C\CC/C(C)=C/COC1CCCCO1. The maximum Gasteiger partial charge on any atom is 0.157 e. The summed E-state index contributed by atoms with van der Waals surface area (Å²) in [4.78, 5) is 11.3. The highest BCUT2D eigenvalue weighted by molar-refractivity contribution is 5.73. The van der Waals surface area contributed by atoms with Crippen molar-refractivity contribution < 1.29 is 14.3 Å². The maximum absolute atomic E-state index is 11.3. The highest BCUT2D eigenvalue weighted by Gasteiger charge is 2.12. The van der Waals surface area contributed by atoms with Crippen LogP contribution in [0.2, 0.25) is 0 Å². The highest BCUT2D eigenvalue weighted by atomic mass is 16.7. The summed E-state index contributed by atoms with van der Waals surface area (Å²) in [6.45, 7) is 9.99. The molecule has 0 aromatic rings. The molecule has 0 spiro atoms. The second-order valence-electron chi connectivity index (χ2n) is 8.02. The average Bonchev–Trinajstić information content (AvgIpc) is 2.67. The van der Waals surface area contributed by atoms with Crippen LogP contribution in [0.1, 0.15) is 85.5 Å². The zero-order valence-corrected chi connectivity index (χ0v) is 18.5.